The van der Waals surface area contributed by atoms with Gasteiger partial charge < -0.3 is 0 Å². The molecule has 4 unspecified atom stereocenters. The maximum Gasteiger partial charge on any atom is 0.0681 e. The summed E-state index contributed by atoms with van der Waals surface area (Å²) in [5, 5.41) is 0.241. The summed E-state index contributed by atoms with van der Waals surface area (Å²) in [4.78, 5) is 2.84. The molecular weight excluding hydrogens is 272 g/mol. The van der Waals surface area contributed by atoms with Crippen LogP contribution in [0.15, 0.2) is 12.1 Å². The van der Waals surface area contributed by atoms with Gasteiger partial charge in [-0.2, -0.15) is 0 Å². The first-order chi connectivity index (χ1) is 8.93. The van der Waals surface area contributed by atoms with Crippen LogP contribution < -0.4 is 0 Å². The minimum atomic E-state index is 0.241. The zero-order valence-electron chi connectivity index (χ0n) is 12.3. The summed E-state index contributed by atoms with van der Waals surface area (Å²) in [6.45, 7) is 6.84. The molecule has 0 aromatic carbocycles. The summed E-state index contributed by atoms with van der Waals surface area (Å²) < 4.78 is 0. The minimum Gasteiger partial charge on any atom is -0.143 e. The first kappa shape index (κ1) is 13.9. The number of hydrogen-bond acceptors (Lipinski definition) is 1. The van der Waals surface area contributed by atoms with Gasteiger partial charge in [-0.25, -0.2) is 0 Å². The highest BCUT2D eigenvalue weighted by Crippen LogP contribution is 2.52. The van der Waals surface area contributed by atoms with Gasteiger partial charge >= 0.3 is 0 Å². The lowest BCUT2D eigenvalue weighted by Gasteiger charge is -2.23. The van der Waals surface area contributed by atoms with E-state index in [9.17, 15) is 0 Å². The molecular formula is C17H25ClS. The highest BCUT2D eigenvalue weighted by atomic mass is 35.5. The number of fused-ring (bicyclic) bond motifs is 2. The van der Waals surface area contributed by atoms with Crippen LogP contribution in [0.2, 0.25) is 0 Å². The van der Waals surface area contributed by atoms with Crippen molar-refractivity contribution in [3.8, 4) is 0 Å². The van der Waals surface area contributed by atoms with E-state index in [1.165, 1.54) is 41.9 Å². The molecule has 0 nitrogen and oxygen atoms in total. The lowest BCUT2D eigenvalue weighted by molar-refractivity contribution is 0.312. The Bertz CT molecular complexity index is 442. The van der Waals surface area contributed by atoms with Crippen molar-refractivity contribution in [1.82, 2.24) is 0 Å². The van der Waals surface area contributed by atoms with Crippen molar-refractivity contribution in [2.75, 3.05) is 0 Å². The van der Waals surface area contributed by atoms with Crippen LogP contribution >= 0.6 is 22.9 Å². The Hall–Kier alpha value is -0.0100. The predicted molar refractivity (Wildman–Crippen MR) is 85.2 cm³/mol. The maximum atomic E-state index is 6.70. The van der Waals surface area contributed by atoms with Crippen LogP contribution in [0.1, 0.15) is 68.0 Å². The van der Waals surface area contributed by atoms with E-state index < -0.39 is 0 Å². The molecule has 4 atom stereocenters. The first-order valence-corrected chi connectivity index (χ1v) is 8.93. The van der Waals surface area contributed by atoms with Crippen LogP contribution in [0.25, 0.3) is 0 Å². The third-order valence-electron chi connectivity index (χ3n) is 5.07. The number of halogens is 1. The molecule has 0 aliphatic heterocycles. The number of rotatable bonds is 3. The summed E-state index contributed by atoms with van der Waals surface area (Å²) >= 11 is 8.62. The fraction of sp³-hybridized carbons (Fsp3) is 0.765. The quantitative estimate of drug-likeness (QED) is 0.587. The molecule has 0 amide bonds. The number of hydrogen-bond donors (Lipinski definition) is 0. The molecule has 106 valence electrons. The van der Waals surface area contributed by atoms with Gasteiger partial charge in [0.15, 0.2) is 0 Å². The molecule has 0 spiro atoms. The Labute approximate surface area is 126 Å². The van der Waals surface area contributed by atoms with Crippen LogP contribution in [0, 0.1) is 17.8 Å². The van der Waals surface area contributed by atoms with Crippen molar-refractivity contribution in [2.24, 2.45) is 17.8 Å². The lowest BCUT2D eigenvalue weighted by Crippen LogP contribution is -2.12. The monoisotopic (exact) mass is 296 g/mol. The van der Waals surface area contributed by atoms with Crippen LogP contribution in [-0.2, 0) is 5.41 Å². The normalized spacial score (nSPS) is 31.9. The lowest BCUT2D eigenvalue weighted by atomic mass is 9.85. The van der Waals surface area contributed by atoms with Crippen molar-refractivity contribution in [3.05, 3.63) is 21.9 Å². The number of thiophene rings is 1. The zero-order chi connectivity index (χ0) is 13.6. The van der Waals surface area contributed by atoms with E-state index in [-0.39, 0.29) is 10.8 Å². The summed E-state index contributed by atoms with van der Waals surface area (Å²) in [6, 6.07) is 4.53. The van der Waals surface area contributed by atoms with Gasteiger partial charge in [0.05, 0.1) is 5.38 Å². The summed E-state index contributed by atoms with van der Waals surface area (Å²) in [5.41, 5.74) is 0.256. The summed E-state index contributed by atoms with van der Waals surface area (Å²) in [5.74, 6) is 2.93. The Balaban J connectivity index is 1.64. The van der Waals surface area contributed by atoms with Crippen LogP contribution in [0.3, 0.4) is 0 Å². The second-order valence-corrected chi connectivity index (χ2v) is 9.23. The Morgan fingerprint density at radius 1 is 1.26 bits per heavy atom. The van der Waals surface area contributed by atoms with Gasteiger partial charge in [0.1, 0.15) is 0 Å². The summed E-state index contributed by atoms with van der Waals surface area (Å²) in [7, 11) is 0. The Morgan fingerprint density at radius 2 is 2.05 bits per heavy atom. The van der Waals surface area contributed by atoms with Gasteiger partial charge in [0.2, 0.25) is 0 Å². The van der Waals surface area contributed by atoms with E-state index >= 15 is 0 Å². The molecule has 2 saturated carbocycles. The maximum absolute atomic E-state index is 6.70. The highest BCUT2D eigenvalue weighted by Gasteiger charge is 2.40. The Morgan fingerprint density at radius 3 is 2.58 bits per heavy atom. The first-order valence-electron chi connectivity index (χ1n) is 7.68. The Kier molecular flexibility index (Phi) is 3.73. The minimum absolute atomic E-state index is 0.241. The molecule has 1 aromatic heterocycles. The van der Waals surface area contributed by atoms with Gasteiger partial charge in [-0.15, -0.1) is 22.9 Å². The smallest absolute Gasteiger partial charge is 0.0681 e. The molecule has 2 heteroatoms. The molecule has 0 saturated heterocycles. The molecule has 3 rings (SSSR count). The SMILES string of the molecule is CC(C)(C)c1ccc(C(Cl)CC2CC3CCC2C3)s1. The average molecular weight is 297 g/mol. The predicted octanol–water partition coefficient (Wildman–Crippen LogP) is 6.15. The van der Waals surface area contributed by atoms with Crippen molar-refractivity contribution in [3.63, 3.8) is 0 Å². The molecule has 19 heavy (non-hydrogen) atoms. The van der Waals surface area contributed by atoms with Gasteiger partial charge in [-0.1, -0.05) is 27.2 Å². The molecule has 1 aromatic rings. The van der Waals surface area contributed by atoms with Crippen LogP contribution in [0.5, 0.6) is 0 Å². The topological polar surface area (TPSA) is 0 Å². The largest absolute Gasteiger partial charge is 0.143 e. The molecule has 0 radical (unpaired) electrons. The zero-order valence-corrected chi connectivity index (χ0v) is 13.9. The van der Waals surface area contributed by atoms with E-state index in [2.05, 4.69) is 32.9 Å². The second kappa shape index (κ2) is 5.07. The van der Waals surface area contributed by atoms with Crippen molar-refractivity contribution >= 4 is 22.9 Å². The van der Waals surface area contributed by atoms with Crippen LogP contribution in [0.4, 0.5) is 0 Å². The third-order valence-corrected chi connectivity index (χ3v) is 7.24. The molecule has 2 aliphatic rings. The van der Waals surface area contributed by atoms with E-state index in [1.54, 1.807) is 0 Å². The fourth-order valence-corrected chi connectivity index (χ4v) is 5.46. The standard InChI is InChI=1S/C17H25ClS/c1-17(2,3)16-7-6-15(19-16)14(18)10-13-9-11-4-5-12(13)8-11/h6-7,11-14H,4-5,8-10H2,1-3H3. The average Bonchev–Trinajstić information content (AvgIpc) is 3.03. The second-order valence-electron chi connectivity index (χ2n) is 7.59. The molecule has 2 bridgehead atoms. The molecule has 0 N–H and O–H groups in total. The van der Waals surface area contributed by atoms with E-state index in [4.69, 9.17) is 11.6 Å². The van der Waals surface area contributed by atoms with Crippen molar-refractivity contribution in [2.45, 2.75) is 63.7 Å². The van der Waals surface area contributed by atoms with Crippen molar-refractivity contribution in [1.29, 1.82) is 0 Å². The summed E-state index contributed by atoms with van der Waals surface area (Å²) in [6.07, 6.45) is 7.10. The van der Waals surface area contributed by atoms with E-state index in [0.717, 1.165) is 17.8 Å². The van der Waals surface area contributed by atoms with Gasteiger partial charge in [0.25, 0.3) is 0 Å². The van der Waals surface area contributed by atoms with Crippen LogP contribution in [-0.4, -0.2) is 0 Å². The van der Waals surface area contributed by atoms with E-state index in [1.807, 2.05) is 11.3 Å². The molecule has 2 fully saturated rings. The highest BCUT2D eigenvalue weighted by molar-refractivity contribution is 7.12. The van der Waals surface area contributed by atoms with Crippen molar-refractivity contribution < 1.29 is 0 Å². The number of alkyl halides is 1. The van der Waals surface area contributed by atoms with Gasteiger partial charge in [-0.05, 0) is 61.0 Å². The van der Waals surface area contributed by atoms with E-state index in [0.29, 0.717) is 0 Å². The third kappa shape index (κ3) is 2.88. The van der Waals surface area contributed by atoms with Gasteiger partial charge in [-0.3, -0.25) is 0 Å². The molecule has 1 heterocycles. The fourth-order valence-electron chi connectivity index (χ4n) is 3.97. The molecule has 2 aliphatic carbocycles. The van der Waals surface area contributed by atoms with Gasteiger partial charge in [0, 0.05) is 9.75 Å².